The van der Waals surface area contributed by atoms with Gasteiger partial charge in [-0.25, -0.2) is 18.7 Å². The molecule has 7 heteroatoms. The van der Waals surface area contributed by atoms with Gasteiger partial charge in [0.1, 0.15) is 9.52 Å². The summed E-state index contributed by atoms with van der Waals surface area (Å²) in [5, 5.41) is 0.315. The highest BCUT2D eigenvalue weighted by Gasteiger charge is 2.34. The van der Waals surface area contributed by atoms with E-state index in [9.17, 15) is 8.78 Å². The molecule has 2 rings (SSSR count). The average Bonchev–Trinajstić information content (AvgIpc) is 2.22. The molecule has 0 saturated carbocycles. The van der Waals surface area contributed by atoms with Crippen LogP contribution in [0.3, 0.4) is 0 Å². The highest BCUT2D eigenvalue weighted by molar-refractivity contribution is 14.1. The molecule has 1 aliphatic heterocycles. The maximum absolute atomic E-state index is 12.9. The predicted octanol–water partition coefficient (Wildman–Crippen LogP) is 2.97. The number of aromatic nitrogens is 2. The van der Waals surface area contributed by atoms with Crippen LogP contribution in [0.4, 0.5) is 14.6 Å². The SMILES string of the molecule is FC1(F)CCN(c2cnc(I)c(Cl)n2)CC1. The van der Waals surface area contributed by atoms with Crippen LogP contribution >= 0.6 is 34.2 Å². The van der Waals surface area contributed by atoms with Crippen LogP contribution in [0, 0.1) is 3.70 Å². The van der Waals surface area contributed by atoms with E-state index in [4.69, 9.17) is 11.6 Å². The molecular weight excluding hydrogens is 350 g/mol. The minimum absolute atomic E-state index is 0.141. The minimum Gasteiger partial charge on any atom is -0.355 e. The molecule has 1 aromatic heterocycles. The van der Waals surface area contributed by atoms with Crippen molar-refractivity contribution in [3.8, 4) is 0 Å². The van der Waals surface area contributed by atoms with Crippen molar-refractivity contribution < 1.29 is 8.78 Å². The van der Waals surface area contributed by atoms with Crippen LogP contribution in [0.2, 0.25) is 5.15 Å². The summed E-state index contributed by atoms with van der Waals surface area (Å²) in [6.45, 7) is 0.581. The van der Waals surface area contributed by atoms with Gasteiger partial charge in [0.25, 0.3) is 5.92 Å². The third-order valence-electron chi connectivity index (χ3n) is 2.50. The van der Waals surface area contributed by atoms with E-state index in [0.717, 1.165) is 0 Å². The summed E-state index contributed by atoms with van der Waals surface area (Å²) in [7, 11) is 0. The summed E-state index contributed by atoms with van der Waals surface area (Å²) in [6.07, 6.45) is 1.29. The van der Waals surface area contributed by atoms with Crippen LogP contribution in [-0.4, -0.2) is 29.0 Å². The molecule has 0 aliphatic carbocycles. The molecule has 0 atom stereocenters. The zero-order valence-corrected chi connectivity index (χ0v) is 11.2. The van der Waals surface area contributed by atoms with Gasteiger partial charge in [0.05, 0.1) is 6.20 Å². The first kappa shape index (κ1) is 12.2. The molecule has 0 radical (unpaired) electrons. The van der Waals surface area contributed by atoms with Gasteiger partial charge in [0.15, 0.2) is 5.15 Å². The molecule has 0 unspecified atom stereocenters. The summed E-state index contributed by atoms with van der Waals surface area (Å²) in [6, 6.07) is 0. The molecule has 0 N–H and O–H groups in total. The van der Waals surface area contributed by atoms with E-state index in [2.05, 4.69) is 9.97 Å². The first-order valence-electron chi connectivity index (χ1n) is 4.79. The van der Waals surface area contributed by atoms with Crippen LogP contribution in [0.1, 0.15) is 12.8 Å². The van der Waals surface area contributed by atoms with Gasteiger partial charge >= 0.3 is 0 Å². The third kappa shape index (κ3) is 2.71. The van der Waals surface area contributed by atoms with Crippen LogP contribution in [0.25, 0.3) is 0 Å². The Labute approximate surface area is 110 Å². The van der Waals surface area contributed by atoms with Crippen LogP contribution < -0.4 is 4.90 Å². The average molecular weight is 360 g/mol. The Balaban J connectivity index is 2.11. The van der Waals surface area contributed by atoms with Gasteiger partial charge in [-0.3, -0.25) is 0 Å². The standard InChI is InChI=1S/C9H9ClF2IN3/c10-7-8(13)14-5-6(15-7)16-3-1-9(11,12)2-4-16/h5H,1-4H2. The summed E-state index contributed by atoms with van der Waals surface area (Å²) in [4.78, 5) is 9.96. The predicted molar refractivity (Wildman–Crippen MR) is 66.2 cm³/mol. The van der Waals surface area contributed by atoms with Crippen LogP contribution in [0.15, 0.2) is 6.20 Å². The second-order valence-electron chi connectivity index (χ2n) is 3.65. The van der Waals surface area contributed by atoms with Crippen molar-refractivity contribution in [1.29, 1.82) is 0 Å². The normalized spacial score (nSPS) is 19.9. The molecular formula is C9H9ClF2IN3. The third-order valence-corrected chi connectivity index (χ3v) is 3.87. The topological polar surface area (TPSA) is 29.0 Å². The van der Waals surface area contributed by atoms with Gasteiger partial charge in [0, 0.05) is 25.9 Å². The molecule has 0 spiro atoms. The van der Waals surface area contributed by atoms with Gasteiger partial charge in [0.2, 0.25) is 0 Å². The largest absolute Gasteiger partial charge is 0.355 e. The van der Waals surface area contributed by atoms with Crippen LogP contribution in [-0.2, 0) is 0 Å². The lowest BCUT2D eigenvalue weighted by molar-refractivity contribution is -0.0221. The molecule has 88 valence electrons. The molecule has 0 aromatic carbocycles. The van der Waals surface area contributed by atoms with Gasteiger partial charge in [-0.05, 0) is 22.6 Å². The molecule has 0 bridgehead atoms. The number of nitrogens with zero attached hydrogens (tertiary/aromatic N) is 3. The number of hydrogen-bond acceptors (Lipinski definition) is 3. The summed E-state index contributed by atoms with van der Waals surface area (Å²) >= 11 is 7.81. The first-order chi connectivity index (χ1) is 7.48. The van der Waals surface area contributed by atoms with Crippen molar-refractivity contribution >= 4 is 40.0 Å². The molecule has 0 amide bonds. The minimum atomic E-state index is -2.54. The Kier molecular flexibility index (Phi) is 3.48. The summed E-state index contributed by atoms with van der Waals surface area (Å²) in [5.74, 6) is -1.97. The fourth-order valence-corrected chi connectivity index (χ4v) is 1.95. The number of hydrogen-bond donors (Lipinski definition) is 0. The van der Waals surface area contributed by atoms with Crippen molar-refractivity contribution in [2.75, 3.05) is 18.0 Å². The quantitative estimate of drug-likeness (QED) is 0.722. The molecule has 1 fully saturated rings. The highest BCUT2D eigenvalue weighted by Crippen LogP contribution is 2.30. The zero-order chi connectivity index (χ0) is 11.8. The lowest BCUT2D eigenvalue weighted by Gasteiger charge is -2.32. The van der Waals surface area contributed by atoms with E-state index in [1.54, 1.807) is 11.1 Å². The molecule has 1 aliphatic rings. The van der Waals surface area contributed by atoms with E-state index >= 15 is 0 Å². The lowest BCUT2D eigenvalue weighted by atomic mass is 10.1. The Hall–Kier alpha value is -0.240. The second-order valence-corrected chi connectivity index (χ2v) is 5.03. The number of anilines is 1. The molecule has 1 aromatic rings. The fourth-order valence-electron chi connectivity index (χ4n) is 1.56. The highest BCUT2D eigenvalue weighted by atomic mass is 127. The Bertz CT molecular complexity index is 392. The fraction of sp³-hybridized carbons (Fsp3) is 0.556. The van der Waals surface area contributed by atoms with Crippen molar-refractivity contribution in [2.24, 2.45) is 0 Å². The Morgan fingerprint density at radius 1 is 1.38 bits per heavy atom. The Morgan fingerprint density at radius 2 is 2.00 bits per heavy atom. The molecule has 3 nitrogen and oxygen atoms in total. The van der Waals surface area contributed by atoms with Crippen molar-refractivity contribution in [3.05, 3.63) is 15.1 Å². The van der Waals surface area contributed by atoms with E-state index in [1.165, 1.54) is 0 Å². The summed E-state index contributed by atoms with van der Waals surface area (Å²) in [5.41, 5.74) is 0. The number of alkyl halides is 2. The van der Waals surface area contributed by atoms with E-state index in [0.29, 0.717) is 27.8 Å². The van der Waals surface area contributed by atoms with Crippen molar-refractivity contribution in [1.82, 2.24) is 9.97 Å². The van der Waals surface area contributed by atoms with Gasteiger partial charge in [-0.15, -0.1) is 0 Å². The smallest absolute Gasteiger partial charge is 0.251 e. The maximum atomic E-state index is 12.9. The molecule has 16 heavy (non-hydrogen) atoms. The first-order valence-corrected chi connectivity index (χ1v) is 6.24. The number of piperidine rings is 1. The second kappa shape index (κ2) is 4.56. The maximum Gasteiger partial charge on any atom is 0.251 e. The van der Waals surface area contributed by atoms with Crippen LogP contribution in [0.5, 0.6) is 0 Å². The van der Waals surface area contributed by atoms with E-state index in [1.807, 2.05) is 22.6 Å². The van der Waals surface area contributed by atoms with Gasteiger partial charge < -0.3 is 4.90 Å². The Morgan fingerprint density at radius 3 is 2.56 bits per heavy atom. The molecule has 2 heterocycles. The van der Waals surface area contributed by atoms with E-state index in [-0.39, 0.29) is 12.8 Å². The number of halogens is 4. The van der Waals surface area contributed by atoms with E-state index < -0.39 is 5.92 Å². The molecule has 1 saturated heterocycles. The van der Waals surface area contributed by atoms with Crippen molar-refractivity contribution in [2.45, 2.75) is 18.8 Å². The van der Waals surface area contributed by atoms with Crippen molar-refractivity contribution in [3.63, 3.8) is 0 Å². The lowest BCUT2D eigenvalue weighted by Crippen LogP contribution is -2.39. The zero-order valence-electron chi connectivity index (χ0n) is 8.26. The monoisotopic (exact) mass is 359 g/mol. The number of rotatable bonds is 1. The van der Waals surface area contributed by atoms with Gasteiger partial charge in [-0.2, -0.15) is 0 Å². The summed E-state index contributed by atoms with van der Waals surface area (Å²) < 4.78 is 26.5. The van der Waals surface area contributed by atoms with Gasteiger partial charge in [-0.1, -0.05) is 11.6 Å².